The first kappa shape index (κ1) is 12.9. The van der Waals surface area contributed by atoms with Gasteiger partial charge < -0.3 is 10.6 Å². The summed E-state index contributed by atoms with van der Waals surface area (Å²) in [5.74, 6) is -0.0452. The van der Waals surface area contributed by atoms with Crippen molar-refractivity contribution in [3.8, 4) is 0 Å². The van der Waals surface area contributed by atoms with E-state index >= 15 is 0 Å². The van der Waals surface area contributed by atoms with Crippen LogP contribution in [0.25, 0.3) is 0 Å². The number of nitrogens with zero attached hydrogens (tertiary/aromatic N) is 2. The number of rotatable bonds is 2. The van der Waals surface area contributed by atoms with Crippen LogP contribution >= 0.6 is 0 Å². The molecule has 5 nitrogen and oxygen atoms in total. The van der Waals surface area contributed by atoms with Gasteiger partial charge in [0.25, 0.3) is 5.91 Å². The van der Waals surface area contributed by atoms with Gasteiger partial charge in [-0.3, -0.25) is 9.89 Å². The van der Waals surface area contributed by atoms with Crippen LogP contribution in [0.4, 0.5) is 5.69 Å². The summed E-state index contributed by atoms with van der Waals surface area (Å²) in [6, 6.07) is 0. The summed E-state index contributed by atoms with van der Waals surface area (Å²) in [4.78, 5) is 14.3. The molecule has 2 rings (SSSR count). The number of piperidine rings is 1. The molecule has 100 valence electrons. The third-order valence-electron chi connectivity index (χ3n) is 3.63. The molecule has 0 bridgehead atoms. The van der Waals surface area contributed by atoms with E-state index in [2.05, 4.69) is 24.0 Å². The van der Waals surface area contributed by atoms with E-state index in [9.17, 15) is 4.79 Å². The zero-order chi connectivity index (χ0) is 13.3. The average Bonchev–Trinajstić information content (AvgIpc) is 2.68. The van der Waals surface area contributed by atoms with Gasteiger partial charge in [-0.25, -0.2) is 0 Å². The summed E-state index contributed by atoms with van der Waals surface area (Å²) in [5.41, 5.74) is 7.86. The molecule has 1 aromatic heterocycles. The predicted molar refractivity (Wildman–Crippen MR) is 71.3 cm³/mol. The van der Waals surface area contributed by atoms with E-state index in [1.165, 1.54) is 0 Å². The van der Waals surface area contributed by atoms with Crippen molar-refractivity contribution in [2.24, 2.45) is 5.41 Å². The highest BCUT2D eigenvalue weighted by Gasteiger charge is 2.31. The van der Waals surface area contributed by atoms with Crippen LogP contribution in [0.3, 0.4) is 0 Å². The molecule has 1 aromatic rings. The van der Waals surface area contributed by atoms with E-state index in [-0.39, 0.29) is 11.3 Å². The van der Waals surface area contributed by atoms with Crippen molar-refractivity contribution < 1.29 is 4.79 Å². The van der Waals surface area contributed by atoms with Crippen LogP contribution in [-0.2, 0) is 6.42 Å². The van der Waals surface area contributed by atoms with Crippen LogP contribution in [-0.4, -0.2) is 34.1 Å². The Hall–Kier alpha value is -1.52. The number of carbonyl (C=O) groups excluding carboxylic acids is 1. The number of carbonyl (C=O) groups is 1. The van der Waals surface area contributed by atoms with E-state index < -0.39 is 0 Å². The number of nitrogen functional groups attached to an aromatic ring is 1. The Morgan fingerprint density at radius 3 is 2.83 bits per heavy atom. The molecular weight excluding hydrogens is 228 g/mol. The van der Waals surface area contributed by atoms with Crippen LogP contribution in [0.1, 0.15) is 49.8 Å². The van der Waals surface area contributed by atoms with Crippen LogP contribution in [0, 0.1) is 5.41 Å². The molecule has 1 saturated heterocycles. The minimum absolute atomic E-state index is 0.0452. The molecule has 1 aliphatic rings. The van der Waals surface area contributed by atoms with Crippen LogP contribution in [0.15, 0.2) is 0 Å². The second-order valence-electron chi connectivity index (χ2n) is 5.81. The van der Waals surface area contributed by atoms with Gasteiger partial charge in [0.1, 0.15) is 0 Å². The molecule has 18 heavy (non-hydrogen) atoms. The molecule has 1 fully saturated rings. The number of nitrogens with one attached hydrogen (secondary N) is 1. The number of nitrogens with two attached hydrogens (primary N) is 1. The summed E-state index contributed by atoms with van der Waals surface area (Å²) in [5, 5.41) is 6.91. The number of amides is 1. The first-order valence-corrected chi connectivity index (χ1v) is 6.56. The molecule has 0 atom stereocenters. The second-order valence-corrected chi connectivity index (χ2v) is 5.81. The molecule has 0 saturated carbocycles. The van der Waals surface area contributed by atoms with Gasteiger partial charge in [0, 0.05) is 13.1 Å². The number of hydrogen-bond donors (Lipinski definition) is 2. The van der Waals surface area contributed by atoms with Crippen molar-refractivity contribution >= 4 is 11.6 Å². The lowest BCUT2D eigenvalue weighted by Crippen LogP contribution is -2.43. The average molecular weight is 250 g/mol. The summed E-state index contributed by atoms with van der Waals surface area (Å²) in [7, 11) is 0. The topological polar surface area (TPSA) is 75.0 Å². The Labute approximate surface area is 108 Å². The van der Waals surface area contributed by atoms with E-state index in [1.807, 2.05) is 11.8 Å². The van der Waals surface area contributed by atoms with E-state index in [1.54, 1.807) is 0 Å². The largest absolute Gasteiger partial charge is 0.395 e. The smallest absolute Gasteiger partial charge is 0.276 e. The zero-order valence-electron chi connectivity index (χ0n) is 11.4. The van der Waals surface area contributed by atoms with Gasteiger partial charge in [0.2, 0.25) is 0 Å². The van der Waals surface area contributed by atoms with Crippen molar-refractivity contribution in [3.05, 3.63) is 11.4 Å². The predicted octanol–water partition coefficient (Wildman–Crippen LogP) is 1.82. The fraction of sp³-hybridized carbons (Fsp3) is 0.692. The second kappa shape index (κ2) is 4.63. The summed E-state index contributed by atoms with van der Waals surface area (Å²) < 4.78 is 0. The number of likely N-dealkylation sites (tertiary alicyclic amines) is 1. The van der Waals surface area contributed by atoms with Gasteiger partial charge in [-0.15, -0.1) is 0 Å². The Balaban J connectivity index is 2.18. The van der Waals surface area contributed by atoms with Crippen LogP contribution < -0.4 is 5.73 Å². The zero-order valence-corrected chi connectivity index (χ0v) is 11.4. The number of anilines is 1. The van der Waals surface area contributed by atoms with Crippen molar-refractivity contribution in [1.29, 1.82) is 0 Å². The number of aryl methyl sites for hydroxylation is 1. The maximum atomic E-state index is 12.4. The number of H-pyrrole nitrogens is 1. The maximum Gasteiger partial charge on any atom is 0.276 e. The molecule has 3 N–H and O–H groups in total. The standard InChI is InChI=1S/C13H22N4O/c1-4-9-10(14)11(16-15-9)12(18)17-7-5-6-13(2,3)8-17/h4-8,14H2,1-3H3,(H,15,16). The molecule has 0 unspecified atom stereocenters. The lowest BCUT2D eigenvalue weighted by Gasteiger charge is -2.37. The van der Waals surface area contributed by atoms with Gasteiger partial charge in [0.15, 0.2) is 5.69 Å². The summed E-state index contributed by atoms with van der Waals surface area (Å²) in [6.45, 7) is 7.95. The Kier molecular flexibility index (Phi) is 3.32. The SMILES string of the molecule is CCc1[nH]nc(C(=O)N2CCCC(C)(C)C2)c1N. The first-order chi connectivity index (χ1) is 8.44. The Morgan fingerprint density at radius 2 is 2.28 bits per heavy atom. The summed E-state index contributed by atoms with van der Waals surface area (Å²) in [6.07, 6.45) is 2.97. The van der Waals surface area contributed by atoms with Gasteiger partial charge in [-0.05, 0) is 24.7 Å². The van der Waals surface area contributed by atoms with Gasteiger partial charge in [-0.1, -0.05) is 20.8 Å². The monoisotopic (exact) mass is 250 g/mol. The molecular formula is C13H22N4O. The molecule has 1 aliphatic heterocycles. The van der Waals surface area contributed by atoms with Crippen molar-refractivity contribution in [2.75, 3.05) is 18.8 Å². The highest BCUT2D eigenvalue weighted by atomic mass is 16.2. The fourth-order valence-corrected chi connectivity index (χ4v) is 2.57. The number of hydrogen-bond acceptors (Lipinski definition) is 3. The van der Waals surface area contributed by atoms with Crippen molar-refractivity contribution in [1.82, 2.24) is 15.1 Å². The van der Waals surface area contributed by atoms with Crippen LogP contribution in [0.5, 0.6) is 0 Å². The minimum atomic E-state index is -0.0452. The minimum Gasteiger partial charge on any atom is -0.395 e. The van der Waals surface area contributed by atoms with Crippen molar-refractivity contribution in [2.45, 2.75) is 40.0 Å². The normalized spacial score (nSPS) is 18.9. The maximum absolute atomic E-state index is 12.4. The van der Waals surface area contributed by atoms with Gasteiger partial charge in [0.05, 0.1) is 11.4 Å². The van der Waals surface area contributed by atoms with Gasteiger partial charge >= 0.3 is 0 Å². The molecule has 0 radical (unpaired) electrons. The lowest BCUT2D eigenvalue weighted by molar-refractivity contribution is 0.0578. The third-order valence-corrected chi connectivity index (χ3v) is 3.63. The van der Waals surface area contributed by atoms with E-state index in [0.717, 1.165) is 38.0 Å². The fourth-order valence-electron chi connectivity index (χ4n) is 2.57. The highest BCUT2D eigenvalue weighted by Crippen LogP contribution is 2.29. The van der Waals surface area contributed by atoms with Gasteiger partial charge in [-0.2, -0.15) is 5.10 Å². The van der Waals surface area contributed by atoms with E-state index in [4.69, 9.17) is 5.73 Å². The molecule has 0 aromatic carbocycles. The Morgan fingerprint density at radius 1 is 1.56 bits per heavy atom. The Bertz CT molecular complexity index is 450. The first-order valence-electron chi connectivity index (χ1n) is 6.56. The van der Waals surface area contributed by atoms with Crippen molar-refractivity contribution in [3.63, 3.8) is 0 Å². The number of aromatic amines is 1. The quantitative estimate of drug-likeness (QED) is 0.840. The molecule has 0 aliphatic carbocycles. The summed E-state index contributed by atoms with van der Waals surface area (Å²) >= 11 is 0. The third kappa shape index (κ3) is 2.35. The van der Waals surface area contributed by atoms with E-state index in [0.29, 0.717) is 11.4 Å². The van der Waals surface area contributed by atoms with Crippen LogP contribution in [0.2, 0.25) is 0 Å². The highest BCUT2D eigenvalue weighted by molar-refractivity contribution is 5.97. The lowest BCUT2D eigenvalue weighted by atomic mass is 9.84. The molecule has 2 heterocycles. The molecule has 1 amide bonds. The number of aromatic nitrogens is 2. The molecule has 5 heteroatoms. The molecule has 0 spiro atoms.